The number of fused-ring (bicyclic) bond motifs is 1. The molecule has 9 heteroatoms. The summed E-state index contributed by atoms with van der Waals surface area (Å²) in [5.74, 6) is 1.07. The van der Waals surface area contributed by atoms with Gasteiger partial charge < -0.3 is 10.1 Å². The number of nitrogens with one attached hydrogen (secondary N) is 1. The monoisotopic (exact) mass is 457 g/mol. The molecule has 166 valence electrons. The summed E-state index contributed by atoms with van der Waals surface area (Å²) in [7, 11) is 0. The number of rotatable bonds is 10. The first kappa shape index (κ1) is 23.2. The van der Waals surface area contributed by atoms with Crippen molar-refractivity contribution in [2.24, 2.45) is 0 Å². The molecule has 2 heterocycles. The van der Waals surface area contributed by atoms with Crippen LogP contribution in [0, 0.1) is 18.3 Å². The first-order chi connectivity index (χ1) is 15.4. The molecule has 6 nitrogen and oxygen atoms in total. The number of anilines is 1. The van der Waals surface area contributed by atoms with E-state index < -0.39 is 12.1 Å². The van der Waals surface area contributed by atoms with Gasteiger partial charge in [-0.1, -0.05) is 36.4 Å². The van der Waals surface area contributed by atoms with Crippen molar-refractivity contribution in [2.75, 3.05) is 18.5 Å². The number of hydrogen-bond acceptors (Lipinski definition) is 5. The van der Waals surface area contributed by atoms with E-state index in [0.29, 0.717) is 48.3 Å². The molecule has 0 atom stereocenters. The number of halogens is 3. The Morgan fingerprint density at radius 2 is 2.12 bits per heavy atom. The molecule has 0 saturated carbocycles. The first-order valence-corrected chi connectivity index (χ1v) is 10.3. The van der Waals surface area contributed by atoms with E-state index in [9.17, 15) is 14.0 Å². The van der Waals surface area contributed by atoms with Gasteiger partial charge in [-0.3, -0.25) is 0 Å². The number of aromatic nitrogens is 3. The van der Waals surface area contributed by atoms with E-state index in [4.69, 9.17) is 16.3 Å². The molecule has 2 aromatic heterocycles. The van der Waals surface area contributed by atoms with Crippen molar-refractivity contribution in [3.63, 3.8) is 0 Å². The number of nitrogens with zero attached hydrogens (tertiary/aromatic N) is 4. The second kappa shape index (κ2) is 10.2. The van der Waals surface area contributed by atoms with Crippen LogP contribution in [0.1, 0.15) is 40.9 Å². The van der Waals surface area contributed by atoms with Crippen molar-refractivity contribution in [2.45, 2.75) is 26.2 Å². The quantitative estimate of drug-likeness (QED) is 0.315. The van der Waals surface area contributed by atoms with Crippen LogP contribution >= 0.6 is 11.6 Å². The van der Waals surface area contributed by atoms with Crippen LogP contribution in [0.3, 0.4) is 0 Å². The molecule has 1 aromatic carbocycles. The summed E-state index contributed by atoms with van der Waals surface area (Å²) in [5.41, 5.74) is 1.41. The largest absolute Gasteiger partial charge is 0.489 e. The maximum absolute atomic E-state index is 13.5. The Bertz CT molecular complexity index is 1200. The van der Waals surface area contributed by atoms with E-state index in [2.05, 4.69) is 28.6 Å². The van der Waals surface area contributed by atoms with Crippen LogP contribution in [-0.4, -0.2) is 27.7 Å². The van der Waals surface area contributed by atoms with Gasteiger partial charge in [-0.25, -0.2) is 13.8 Å². The van der Waals surface area contributed by atoms with Crippen LogP contribution in [0.25, 0.3) is 5.65 Å². The van der Waals surface area contributed by atoms with E-state index in [0.717, 1.165) is 11.1 Å². The van der Waals surface area contributed by atoms with Crippen LogP contribution in [-0.2, 0) is 6.42 Å². The van der Waals surface area contributed by atoms with E-state index >= 15 is 0 Å². The first-order valence-electron chi connectivity index (χ1n) is 9.88. The second-order valence-electron chi connectivity index (χ2n) is 6.97. The fourth-order valence-electron chi connectivity index (χ4n) is 3.30. The molecule has 0 aliphatic carbocycles. The molecule has 0 spiro atoms. The van der Waals surface area contributed by atoms with Crippen LogP contribution in [0.2, 0.25) is 5.02 Å². The maximum atomic E-state index is 13.5. The second-order valence-corrected chi connectivity index (χ2v) is 7.40. The topological polar surface area (TPSA) is 75.2 Å². The van der Waals surface area contributed by atoms with Gasteiger partial charge >= 0.3 is 0 Å². The highest BCUT2D eigenvalue weighted by Crippen LogP contribution is 2.32. The molecule has 32 heavy (non-hydrogen) atoms. The Hall–Kier alpha value is -3.44. The number of aryl methyl sites for hydroxylation is 1. The van der Waals surface area contributed by atoms with Crippen molar-refractivity contribution in [3.05, 3.63) is 76.6 Å². The summed E-state index contributed by atoms with van der Waals surface area (Å²) >= 11 is 6.13. The number of hydrogen-bond donors (Lipinski definition) is 1. The van der Waals surface area contributed by atoms with Crippen molar-refractivity contribution < 1.29 is 13.5 Å². The van der Waals surface area contributed by atoms with Crippen LogP contribution in [0.5, 0.6) is 5.75 Å². The highest BCUT2D eigenvalue weighted by atomic mass is 35.5. The van der Waals surface area contributed by atoms with Gasteiger partial charge in [0.05, 0.1) is 0 Å². The Labute approximate surface area is 189 Å². The zero-order valence-corrected chi connectivity index (χ0v) is 18.3. The van der Waals surface area contributed by atoms with Crippen LogP contribution < -0.4 is 10.1 Å². The van der Waals surface area contributed by atoms with Gasteiger partial charge in [-0.05, 0) is 31.0 Å². The lowest BCUT2D eigenvalue weighted by Gasteiger charge is -2.17. The van der Waals surface area contributed by atoms with Gasteiger partial charge in [-0.2, -0.15) is 14.9 Å². The summed E-state index contributed by atoms with van der Waals surface area (Å²) in [6, 6.07) is 7.12. The summed E-state index contributed by atoms with van der Waals surface area (Å²) in [4.78, 5) is 4.45. The van der Waals surface area contributed by atoms with E-state index in [-0.39, 0.29) is 11.2 Å². The number of nitriles is 1. The Morgan fingerprint density at radius 1 is 1.34 bits per heavy atom. The molecule has 0 aliphatic rings. The Morgan fingerprint density at radius 3 is 2.78 bits per heavy atom. The standard InChI is InChI=1S/C23H22ClF2N5O/c1-4-6-9-28-22-17(11-15-7-8-16(24)12-19(15)32-10-5-2)14(3)29-23-18(13-27)20(21(25)26)30-31(22)23/h4-5,7-8,12,21,28H,1-2,6,9-11H2,3H3. The zero-order valence-electron chi connectivity index (χ0n) is 17.5. The number of benzene rings is 1. The lowest BCUT2D eigenvalue weighted by atomic mass is 10.0. The molecule has 0 aliphatic heterocycles. The molecule has 0 amide bonds. The van der Waals surface area contributed by atoms with Crippen LogP contribution in [0.15, 0.2) is 43.5 Å². The predicted octanol–water partition coefficient (Wildman–Crippen LogP) is 5.64. The minimum Gasteiger partial charge on any atom is -0.489 e. The molecule has 1 N–H and O–H groups in total. The molecule has 0 fully saturated rings. The summed E-state index contributed by atoms with van der Waals surface area (Å²) in [6.07, 6.45) is 1.50. The Balaban J connectivity index is 2.19. The van der Waals surface area contributed by atoms with E-state index in [1.165, 1.54) is 4.52 Å². The average molecular weight is 458 g/mol. The van der Waals surface area contributed by atoms with E-state index in [1.807, 2.05) is 12.1 Å². The third kappa shape index (κ3) is 4.73. The smallest absolute Gasteiger partial charge is 0.283 e. The molecule has 0 bridgehead atoms. The van der Waals surface area contributed by atoms with Crippen molar-refractivity contribution >= 4 is 23.1 Å². The van der Waals surface area contributed by atoms with Crippen molar-refractivity contribution in [3.8, 4) is 11.8 Å². The lowest BCUT2D eigenvalue weighted by molar-refractivity contribution is 0.145. The SMILES string of the molecule is C=CCCNc1c(Cc2ccc(Cl)cc2OCC=C)c(C)nc2c(C#N)c(C(F)F)nn12. The predicted molar refractivity (Wildman–Crippen MR) is 121 cm³/mol. The summed E-state index contributed by atoms with van der Waals surface area (Å²) < 4.78 is 34.1. The minimum atomic E-state index is -2.90. The fourth-order valence-corrected chi connectivity index (χ4v) is 3.47. The van der Waals surface area contributed by atoms with Gasteiger partial charge in [0.25, 0.3) is 6.43 Å². The molecule has 3 rings (SSSR count). The maximum Gasteiger partial charge on any atom is 0.283 e. The fraction of sp³-hybridized carbons (Fsp3) is 0.261. The third-order valence-electron chi connectivity index (χ3n) is 4.81. The number of alkyl halides is 2. The summed E-state index contributed by atoms with van der Waals surface area (Å²) in [5, 5.41) is 17.2. The van der Waals surface area contributed by atoms with Gasteiger partial charge in [0, 0.05) is 29.2 Å². The molecule has 0 saturated heterocycles. The van der Waals surface area contributed by atoms with Crippen molar-refractivity contribution in [1.29, 1.82) is 5.26 Å². The molecule has 0 unspecified atom stereocenters. The molecular weight excluding hydrogens is 436 g/mol. The zero-order chi connectivity index (χ0) is 23.3. The molecule has 3 aromatic rings. The van der Waals surface area contributed by atoms with Gasteiger partial charge in [-0.15, -0.1) is 6.58 Å². The van der Waals surface area contributed by atoms with Crippen LogP contribution in [0.4, 0.5) is 14.6 Å². The van der Waals surface area contributed by atoms with Gasteiger partial charge in [0.1, 0.15) is 35.5 Å². The molecular formula is C23H22ClF2N5O. The lowest BCUT2D eigenvalue weighted by Crippen LogP contribution is -2.13. The number of ether oxygens (including phenoxy) is 1. The van der Waals surface area contributed by atoms with Gasteiger partial charge in [0.2, 0.25) is 0 Å². The van der Waals surface area contributed by atoms with Gasteiger partial charge in [0.15, 0.2) is 5.65 Å². The molecule has 0 radical (unpaired) electrons. The Kier molecular flexibility index (Phi) is 7.44. The van der Waals surface area contributed by atoms with Crippen molar-refractivity contribution in [1.82, 2.24) is 14.6 Å². The third-order valence-corrected chi connectivity index (χ3v) is 5.04. The minimum absolute atomic E-state index is 0.0874. The highest BCUT2D eigenvalue weighted by Gasteiger charge is 2.25. The summed E-state index contributed by atoms with van der Waals surface area (Å²) in [6.45, 7) is 9.95. The average Bonchev–Trinajstić information content (AvgIpc) is 3.14. The van der Waals surface area contributed by atoms with E-state index in [1.54, 1.807) is 31.2 Å². The highest BCUT2D eigenvalue weighted by molar-refractivity contribution is 6.30. The normalized spacial score (nSPS) is 10.9.